The van der Waals surface area contributed by atoms with Crippen LogP contribution in [0.3, 0.4) is 0 Å². The van der Waals surface area contributed by atoms with E-state index in [1.807, 2.05) is 37.3 Å². The predicted molar refractivity (Wildman–Crippen MR) is 98.2 cm³/mol. The van der Waals surface area contributed by atoms with E-state index < -0.39 is 24.2 Å². The Balaban J connectivity index is 2.77. The van der Waals surface area contributed by atoms with Crippen LogP contribution in [0, 0.1) is 0 Å². The minimum Gasteiger partial charge on any atom is -0.457 e. The molecule has 5 heteroatoms. The third-order valence-electron chi connectivity index (χ3n) is 3.52. The van der Waals surface area contributed by atoms with Crippen molar-refractivity contribution in [3.63, 3.8) is 0 Å². The zero-order valence-electron chi connectivity index (χ0n) is 15.0. The van der Waals surface area contributed by atoms with Crippen molar-refractivity contribution < 1.29 is 19.1 Å². The number of hydrogen-bond acceptors (Lipinski definition) is 4. The summed E-state index contributed by atoms with van der Waals surface area (Å²) in [5.41, 5.74) is 1.92. The van der Waals surface area contributed by atoms with E-state index in [0.29, 0.717) is 12.8 Å². The maximum atomic E-state index is 12.5. The summed E-state index contributed by atoms with van der Waals surface area (Å²) in [5.74, 6) is -0.511. The van der Waals surface area contributed by atoms with Crippen molar-refractivity contribution in [3.8, 4) is 0 Å². The second-order valence-electron chi connectivity index (χ2n) is 5.81. The van der Waals surface area contributed by atoms with E-state index in [1.165, 1.54) is 0 Å². The number of benzene rings is 1. The summed E-state index contributed by atoms with van der Waals surface area (Å²) in [4.78, 5) is 24.3. The van der Waals surface area contributed by atoms with Gasteiger partial charge in [-0.25, -0.2) is 9.59 Å². The molecule has 25 heavy (non-hydrogen) atoms. The normalized spacial score (nSPS) is 12.6. The first-order valence-corrected chi connectivity index (χ1v) is 8.40. The van der Waals surface area contributed by atoms with Gasteiger partial charge in [-0.15, -0.1) is 6.58 Å². The largest absolute Gasteiger partial charge is 0.457 e. The van der Waals surface area contributed by atoms with Gasteiger partial charge in [0.15, 0.2) is 0 Å². The van der Waals surface area contributed by atoms with Crippen LogP contribution in [0.5, 0.6) is 0 Å². The SMILES string of the molecule is C=C[C@H](CCC(=C)C)OC(=O)[C@H](Cc1ccccc1)NC(=O)OCC. The molecule has 0 aliphatic heterocycles. The van der Waals surface area contributed by atoms with Crippen LogP contribution in [-0.4, -0.2) is 30.8 Å². The third-order valence-corrected chi connectivity index (χ3v) is 3.52. The molecule has 0 aliphatic rings. The average Bonchev–Trinajstić information content (AvgIpc) is 2.58. The molecule has 0 spiro atoms. The Labute approximate surface area is 149 Å². The van der Waals surface area contributed by atoms with E-state index in [2.05, 4.69) is 18.5 Å². The lowest BCUT2D eigenvalue weighted by Gasteiger charge is -2.21. The molecule has 1 aromatic carbocycles. The van der Waals surface area contributed by atoms with Crippen molar-refractivity contribution in [2.75, 3.05) is 6.61 Å². The van der Waals surface area contributed by atoms with E-state index in [-0.39, 0.29) is 6.61 Å². The van der Waals surface area contributed by atoms with Gasteiger partial charge in [0.25, 0.3) is 0 Å². The lowest BCUT2D eigenvalue weighted by atomic mass is 10.1. The van der Waals surface area contributed by atoms with Crippen LogP contribution in [-0.2, 0) is 20.7 Å². The molecule has 0 fully saturated rings. The van der Waals surface area contributed by atoms with E-state index in [0.717, 1.165) is 17.6 Å². The van der Waals surface area contributed by atoms with Crippen molar-refractivity contribution in [1.82, 2.24) is 5.32 Å². The maximum absolute atomic E-state index is 12.5. The van der Waals surface area contributed by atoms with Crippen molar-refractivity contribution >= 4 is 12.1 Å². The van der Waals surface area contributed by atoms with Gasteiger partial charge >= 0.3 is 12.1 Å². The summed E-state index contributed by atoms with van der Waals surface area (Å²) < 4.78 is 10.4. The number of hydrogen-bond donors (Lipinski definition) is 1. The number of rotatable bonds is 10. The summed E-state index contributed by atoms with van der Waals surface area (Å²) in [6.45, 7) is 11.4. The van der Waals surface area contributed by atoms with Crippen LogP contribution in [0.4, 0.5) is 4.79 Å². The summed E-state index contributed by atoms with van der Waals surface area (Å²) >= 11 is 0. The molecule has 0 radical (unpaired) electrons. The highest BCUT2D eigenvalue weighted by molar-refractivity contribution is 5.81. The van der Waals surface area contributed by atoms with E-state index in [9.17, 15) is 9.59 Å². The average molecular weight is 345 g/mol. The fraction of sp³-hybridized carbons (Fsp3) is 0.400. The van der Waals surface area contributed by atoms with Crippen LogP contribution in [0.2, 0.25) is 0 Å². The molecule has 0 heterocycles. The molecule has 5 nitrogen and oxygen atoms in total. The summed E-state index contributed by atoms with van der Waals surface area (Å²) in [5, 5.41) is 2.57. The Bertz CT molecular complexity index is 583. The molecule has 1 aromatic rings. The lowest BCUT2D eigenvalue weighted by molar-refractivity contribution is -0.149. The molecule has 0 saturated heterocycles. The number of nitrogens with one attached hydrogen (secondary N) is 1. The van der Waals surface area contributed by atoms with Gasteiger partial charge in [-0.1, -0.05) is 48.6 Å². The highest BCUT2D eigenvalue weighted by Crippen LogP contribution is 2.12. The second kappa shape index (κ2) is 11.1. The van der Waals surface area contributed by atoms with Gasteiger partial charge in [-0.2, -0.15) is 0 Å². The summed E-state index contributed by atoms with van der Waals surface area (Å²) in [6.07, 6.45) is 2.19. The molecule has 0 saturated carbocycles. The first-order valence-electron chi connectivity index (χ1n) is 8.40. The van der Waals surface area contributed by atoms with E-state index in [4.69, 9.17) is 9.47 Å². The quantitative estimate of drug-likeness (QED) is 0.517. The number of ether oxygens (including phenoxy) is 2. The second-order valence-corrected chi connectivity index (χ2v) is 5.81. The molecular formula is C20H27NO4. The minimum atomic E-state index is -0.825. The topological polar surface area (TPSA) is 64.6 Å². The van der Waals surface area contributed by atoms with Gasteiger partial charge in [-0.05, 0) is 32.3 Å². The number of alkyl carbamates (subject to hydrolysis) is 1. The van der Waals surface area contributed by atoms with Gasteiger partial charge in [0.05, 0.1) is 6.61 Å². The molecule has 0 unspecified atom stereocenters. The number of carbonyl (C=O) groups is 2. The number of esters is 1. The fourth-order valence-electron chi connectivity index (χ4n) is 2.20. The Morgan fingerprint density at radius 3 is 2.52 bits per heavy atom. The highest BCUT2D eigenvalue weighted by atomic mass is 16.6. The summed E-state index contributed by atoms with van der Waals surface area (Å²) in [6, 6.07) is 8.59. The first kappa shape index (κ1) is 20.5. The molecule has 1 amide bonds. The maximum Gasteiger partial charge on any atom is 0.407 e. The van der Waals surface area contributed by atoms with Gasteiger partial charge in [0.2, 0.25) is 0 Å². The van der Waals surface area contributed by atoms with Crippen LogP contribution < -0.4 is 5.32 Å². The number of carbonyl (C=O) groups excluding carboxylic acids is 2. The first-order chi connectivity index (χ1) is 12.0. The van der Waals surface area contributed by atoms with Crippen molar-refractivity contribution in [2.24, 2.45) is 0 Å². The minimum absolute atomic E-state index is 0.229. The number of allylic oxidation sites excluding steroid dienone is 1. The molecule has 0 aromatic heterocycles. The van der Waals surface area contributed by atoms with Crippen LogP contribution >= 0.6 is 0 Å². The Morgan fingerprint density at radius 1 is 1.28 bits per heavy atom. The van der Waals surface area contributed by atoms with Crippen LogP contribution in [0.15, 0.2) is 55.1 Å². The van der Waals surface area contributed by atoms with Crippen molar-refractivity contribution in [3.05, 3.63) is 60.7 Å². The van der Waals surface area contributed by atoms with Crippen molar-refractivity contribution in [1.29, 1.82) is 0 Å². The van der Waals surface area contributed by atoms with Gasteiger partial charge in [0, 0.05) is 6.42 Å². The molecular weight excluding hydrogens is 318 g/mol. The van der Waals surface area contributed by atoms with Crippen LogP contribution in [0.25, 0.3) is 0 Å². The van der Waals surface area contributed by atoms with E-state index >= 15 is 0 Å². The Morgan fingerprint density at radius 2 is 1.96 bits per heavy atom. The smallest absolute Gasteiger partial charge is 0.407 e. The molecule has 136 valence electrons. The zero-order valence-corrected chi connectivity index (χ0v) is 15.0. The van der Waals surface area contributed by atoms with Crippen LogP contribution in [0.1, 0.15) is 32.3 Å². The molecule has 2 atom stereocenters. The van der Waals surface area contributed by atoms with Gasteiger partial charge < -0.3 is 14.8 Å². The zero-order chi connectivity index (χ0) is 18.7. The Hall–Kier alpha value is -2.56. The molecule has 0 aliphatic carbocycles. The standard InChI is InChI=1S/C20H27NO4/c1-5-17(13-12-15(3)4)25-19(22)18(21-20(23)24-6-2)14-16-10-8-7-9-11-16/h5,7-11,17-18H,1,3,6,12-14H2,2,4H3,(H,21,23)/t17-,18+/m1/s1. The molecule has 1 rings (SSSR count). The molecule has 0 bridgehead atoms. The van der Waals surface area contributed by atoms with Crippen molar-refractivity contribution in [2.45, 2.75) is 45.3 Å². The number of amides is 1. The summed E-state index contributed by atoms with van der Waals surface area (Å²) in [7, 11) is 0. The van der Waals surface area contributed by atoms with E-state index in [1.54, 1.807) is 13.0 Å². The van der Waals surface area contributed by atoms with Gasteiger partial charge in [0.1, 0.15) is 12.1 Å². The lowest BCUT2D eigenvalue weighted by Crippen LogP contribution is -2.44. The highest BCUT2D eigenvalue weighted by Gasteiger charge is 2.25. The Kier molecular flexibility index (Phi) is 9.07. The predicted octanol–water partition coefficient (Wildman–Crippen LogP) is 3.80. The molecule has 1 N–H and O–H groups in total. The monoisotopic (exact) mass is 345 g/mol. The third kappa shape index (κ3) is 8.20. The fourth-order valence-corrected chi connectivity index (χ4v) is 2.20. The van der Waals surface area contributed by atoms with Gasteiger partial charge in [-0.3, -0.25) is 0 Å².